The van der Waals surface area contributed by atoms with Crippen LogP contribution in [0.1, 0.15) is 33.2 Å². The molecule has 25 heavy (non-hydrogen) atoms. The molecule has 0 unspecified atom stereocenters. The zero-order chi connectivity index (χ0) is 17.4. The van der Waals surface area contributed by atoms with Crippen molar-refractivity contribution in [2.75, 3.05) is 6.54 Å². The Kier molecular flexibility index (Phi) is 4.10. The molecule has 0 bridgehead atoms. The van der Waals surface area contributed by atoms with E-state index in [-0.39, 0.29) is 11.9 Å². The largest absolute Gasteiger partial charge is 0.348 e. The molecule has 3 nitrogen and oxygen atoms in total. The first-order chi connectivity index (χ1) is 12.1. The normalized spacial score (nSPS) is 16.6. The molecule has 126 valence electrons. The lowest BCUT2D eigenvalue weighted by Crippen LogP contribution is -2.42. The van der Waals surface area contributed by atoms with Gasteiger partial charge in [-0.2, -0.15) is 0 Å². The lowest BCUT2D eigenvalue weighted by molar-refractivity contribution is 0.0663. The summed E-state index contributed by atoms with van der Waals surface area (Å²) in [7, 11) is 0. The number of hydrogen-bond donors (Lipinski definition) is 0. The van der Waals surface area contributed by atoms with Gasteiger partial charge in [-0.15, -0.1) is 0 Å². The lowest BCUT2D eigenvalue weighted by atomic mass is 9.98. The summed E-state index contributed by atoms with van der Waals surface area (Å²) in [6.45, 7) is 3.46. The monoisotopic (exact) mass is 350 g/mol. The molecule has 1 aromatic heterocycles. The Balaban J connectivity index is 1.81. The quantitative estimate of drug-likeness (QED) is 0.658. The summed E-state index contributed by atoms with van der Waals surface area (Å²) in [5.74, 6) is 0.0653. The molecule has 0 saturated heterocycles. The van der Waals surface area contributed by atoms with Gasteiger partial charge < -0.3 is 9.47 Å². The molecule has 2 heterocycles. The summed E-state index contributed by atoms with van der Waals surface area (Å²) in [6, 6.07) is 19.5. The van der Waals surface area contributed by atoms with Crippen LogP contribution in [-0.2, 0) is 6.54 Å². The number of hydrogen-bond acceptors (Lipinski definition) is 1. The standard InChI is InChI=1S/C21H19ClN2O/c1-15-6-2-3-9-18(15)21(25)24-13-12-23-11-5-10-19(23)20(24)16-7-4-8-17(22)14-16/h2-11,14,20H,12-13H2,1H3/t20-/m1/s1. The summed E-state index contributed by atoms with van der Waals surface area (Å²) in [5.41, 5.74) is 3.91. The Bertz CT molecular complexity index is 931. The van der Waals surface area contributed by atoms with Crippen LogP contribution in [0.3, 0.4) is 0 Å². The van der Waals surface area contributed by atoms with Gasteiger partial charge in [-0.3, -0.25) is 4.79 Å². The number of halogens is 1. The highest BCUT2D eigenvalue weighted by atomic mass is 35.5. The molecule has 2 aromatic carbocycles. The Morgan fingerprint density at radius 3 is 2.68 bits per heavy atom. The van der Waals surface area contributed by atoms with Crippen molar-refractivity contribution in [3.05, 3.63) is 94.3 Å². The van der Waals surface area contributed by atoms with E-state index >= 15 is 0 Å². The van der Waals surface area contributed by atoms with E-state index in [1.807, 2.05) is 66.4 Å². The average molecular weight is 351 g/mol. The maximum absolute atomic E-state index is 13.3. The van der Waals surface area contributed by atoms with Gasteiger partial charge in [0.05, 0.1) is 6.04 Å². The van der Waals surface area contributed by atoms with Crippen molar-refractivity contribution in [2.45, 2.75) is 19.5 Å². The number of benzene rings is 2. The SMILES string of the molecule is Cc1ccccc1C(=O)N1CCn2cccc2[C@H]1c1cccc(Cl)c1. The van der Waals surface area contributed by atoms with Crippen LogP contribution < -0.4 is 0 Å². The molecule has 1 aliphatic rings. The summed E-state index contributed by atoms with van der Waals surface area (Å²) in [4.78, 5) is 15.3. The predicted octanol–water partition coefficient (Wildman–Crippen LogP) is 4.70. The van der Waals surface area contributed by atoms with Gasteiger partial charge in [0.1, 0.15) is 0 Å². The number of carbonyl (C=O) groups excluding carboxylic acids is 1. The summed E-state index contributed by atoms with van der Waals surface area (Å²) in [6.07, 6.45) is 2.07. The Morgan fingerprint density at radius 2 is 1.88 bits per heavy atom. The second-order valence-electron chi connectivity index (χ2n) is 6.40. The number of aromatic nitrogens is 1. The first kappa shape index (κ1) is 16.0. The third kappa shape index (κ3) is 2.85. The number of fused-ring (bicyclic) bond motifs is 1. The van der Waals surface area contributed by atoms with Crippen LogP contribution in [0.4, 0.5) is 0 Å². The molecule has 0 aliphatic carbocycles. The third-order valence-corrected chi connectivity index (χ3v) is 5.07. The van der Waals surface area contributed by atoms with Gasteiger partial charge in [-0.25, -0.2) is 0 Å². The predicted molar refractivity (Wildman–Crippen MR) is 99.9 cm³/mol. The fraction of sp³-hybridized carbons (Fsp3) is 0.190. The summed E-state index contributed by atoms with van der Waals surface area (Å²) < 4.78 is 2.22. The van der Waals surface area contributed by atoms with E-state index in [0.717, 1.165) is 28.9 Å². The molecule has 0 radical (unpaired) electrons. The van der Waals surface area contributed by atoms with Crippen LogP contribution in [0, 0.1) is 6.92 Å². The van der Waals surface area contributed by atoms with E-state index in [1.54, 1.807) is 0 Å². The maximum atomic E-state index is 13.3. The minimum Gasteiger partial charge on any atom is -0.348 e. The number of amides is 1. The van der Waals surface area contributed by atoms with Crippen LogP contribution in [0.2, 0.25) is 5.02 Å². The van der Waals surface area contributed by atoms with Gasteiger partial charge in [0, 0.05) is 35.6 Å². The van der Waals surface area contributed by atoms with Crippen molar-refractivity contribution in [2.24, 2.45) is 0 Å². The van der Waals surface area contributed by atoms with Crippen LogP contribution in [-0.4, -0.2) is 21.9 Å². The van der Waals surface area contributed by atoms with Crippen LogP contribution in [0.25, 0.3) is 0 Å². The van der Waals surface area contributed by atoms with E-state index in [0.29, 0.717) is 11.6 Å². The van der Waals surface area contributed by atoms with Crippen molar-refractivity contribution in [3.8, 4) is 0 Å². The van der Waals surface area contributed by atoms with E-state index in [4.69, 9.17) is 11.6 Å². The molecule has 1 aliphatic heterocycles. The number of carbonyl (C=O) groups is 1. The van der Waals surface area contributed by atoms with E-state index in [2.05, 4.69) is 16.8 Å². The van der Waals surface area contributed by atoms with Crippen LogP contribution >= 0.6 is 11.6 Å². The van der Waals surface area contributed by atoms with Crippen molar-refractivity contribution >= 4 is 17.5 Å². The van der Waals surface area contributed by atoms with Gasteiger partial charge in [0.2, 0.25) is 0 Å². The van der Waals surface area contributed by atoms with E-state index in [9.17, 15) is 4.79 Å². The Labute approximate surface area is 152 Å². The molecule has 0 N–H and O–H groups in total. The Morgan fingerprint density at radius 1 is 1.04 bits per heavy atom. The average Bonchev–Trinajstić information content (AvgIpc) is 3.09. The van der Waals surface area contributed by atoms with Gasteiger partial charge in [0.15, 0.2) is 0 Å². The zero-order valence-electron chi connectivity index (χ0n) is 14.0. The molecule has 1 atom stereocenters. The van der Waals surface area contributed by atoms with E-state index in [1.165, 1.54) is 0 Å². The third-order valence-electron chi connectivity index (χ3n) is 4.84. The van der Waals surface area contributed by atoms with Crippen molar-refractivity contribution in [1.29, 1.82) is 0 Å². The van der Waals surface area contributed by atoms with Gasteiger partial charge in [-0.05, 0) is 48.4 Å². The fourth-order valence-corrected chi connectivity index (χ4v) is 3.80. The second kappa shape index (κ2) is 6.41. The van der Waals surface area contributed by atoms with Crippen molar-refractivity contribution in [3.63, 3.8) is 0 Å². The number of aryl methyl sites for hydroxylation is 1. The van der Waals surface area contributed by atoms with Crippen LogP contribution in [0.15, 0.2) is 66.9 Å². The van der Waals surface area contributed by atoms with Gasteiger partial charge in [-0.1, -0.05) is 41.9 Å². The first-order valence-corrected chi connectivity index (χ1v) is 8.80. The molecule has 3 aromatic rings. The highest BCUT2D eigenvalue weighted by Gasteiger charge is 2.33. The molecule has 4 heteroatoms. The minimum absolute atomic E-state index is 0.0653. The summed E-state index contributed by atoms with van der Waals surface area (Å²) >= 11 is 6.22. The number of rotatable bonds is 2. The van der Waals surface area contributed by atoms with Crippen molar-refractivity contribution < 1.29 is 4.79 Å². The highest BCUT2D eigenvalue weighted by molar-refractivity contribution is 6.30. The Hall–Kier alpha value is -2.52. The molecule has 4 rings (SSSR count). The lowest BCUT2D eigenvalue weighted by Gasteiger charge is -2.37. The zero-order valence-corrected chi connectivity index (χ0v) is 14.8. The smallest absolute Gasteiger partial charge is 0.255 e. The molecule has 0 fully saturated rings. The molecule has 0 saturated carbocycles. The summed E-state index contributed by atoms with van der Waals surface area (Å²) in [5, 5.41) is 0.685. The fourth-order valence-electron chi connectivity index (χ4n) is 3.60. The molecule has 1 amide bonds. The minimum atomic E-state index is -0.130. The maximum Gasteiger partial charge on any atom is 0.255 e. The molecule has 0 spiro atoms. The van der Waals surface area contributed by atoms with Gasteiger partial charge >= 0.3 is 0 Å². The topological polar surface area (TPSA) is 25.2 Å². The van der Waals surface area contributed by atoms with Crippen molar-refractivity contribution in [1.82, 2.24) is 9.47 Å². The van der Waals surface area contributed by atoms with Crippen LogP contribution in [0.5, 0.6) is 0 Å². The molecular weight excluding hydrogens is 332 g/mol. The highest BCUT2D eigenvalue weighted by Crippen LogP contribution is 2.34. The first-order valence-electron chi connectivity index (χ1n) is 8.42. The second-order valence-corrected chi connectivity index (χ2v) is 6.83. The van der Waals surface area contributed by atoms with Gasteiger partial charge in [0.25, 0.3) is 5.91 Å². The molecular formula is C21H19ClN2O. The number of nitrogens with zero attached hydrogens (tertiary/aromatic N) is 2. The van der Waals surface area contributed by atoms with E-state index < -0.39 is 0 Å².